The summed E-state index contributed by atoms with van der Waals surface area (Å²) in [5.41, 5.74) is 14.1. The Balaban J connectivity index is 0.000000583. The maximum absolute atomic E-state index is 11.6. The summed E-state index contributed by atoms with van der Waals surface area (Å²) in [4.78, 5) is 22.9. The van der Waals surface area contributed by atoms with Gasteiger partial charge in [0.25, 0.3) is 0 Å². The lowest BCUT2D eigenvalue weighted by Crippen LogP contribution is -2.18. The van der Waals surface area contributed by atoms with Crippen LogP contribution >= 0.6 is 0 Å². The Hall–Kier alpha value is -3.68. The molecule has 550 valence electrons. The Morgan fingerprint density at radius 3 is 1.35 bits per heavy atom. The number of allylic oxidation sites excluding steroid dienone is 19. The predicted octanol–water partition coefficient (Wildman–Crippen LogP) is 25.9. The molecule has 96 heavy (non-hydrogen) atoms. The van der Waals surface area contributed by atoms with Crippen LogP contribution in [0.15, 0.2) is 129 Å². The number of aliphatic hydroxyl groups excluding tert-OH is 4. The van der Waals surface area contributed by atoms with Gasteiger partial charge in [0.05, 0.1) is 24.4 Å². The number of Topliss-reactive ketones (excluding diaryl/α,β-unsaturated/α-hetero) is 1. The van der Waals surface area contributed by atoms with Crippen LogP contribution in [0.2, 0.25) is 0 Å². The molecule has 6 aliphatic carbocycles. The average molecular weight is 1330 g/mol. The molecule has 2 fully saturated rings. The molecule has 0 aromatic heterocycles. The van der Waals surface area contributed by atoms with Crippen molar-refractivity contribution in [1.82, 2.24) is 0 Å². The maximum atomic E-state index is 11.6. The molecule has 0 aromatic rings. The van der Waals surface area contributed by atoms with Gasteiger partial charge in [-0.3, -0.25) is 9.59 Å². The zero-order chi connectivity index (χ0) is 71.6. The minimum absolute atomic E-state index is 0.0498. The van der Waals surface area contributed by atoms with Gasteiger partial charge in [0.15, 0.2) is 5.78 Å². The highest BCUT2D eigenvalue weighted by Gasteiger charge is 2.25. The summed E-state index contributed by atoms with van der Waals surface area (Å²) in [7, 11) is 0. The van der Waals surface area contributed by atoms with Crippen LogP contribution in [0.5, 0.6) is 0 Å². The van der Waals surface area contributed by atoms with E-state index in [0.717, 1.165) is 140 Å². The lowest BCUT2D eigenvalue weighted by Gasteiger charge is -2.25. The highest BCUT2D eigenvalue weighted by molar-refractivity contribution is 5.91. The lowest BCUT2D eigenvalue weighted by molar-refractivity contribution is -0.120. The van der Waals surface area contributed by atoms with Gasteiger partial charge in [-0.2, -0.15) is 0 Å². The van der Waals surface area contributed by atoms with Crippen LogP contribution in [0.3, 0.4) is 0 Å². The molecular formula is C90H154O6. The average Bonchev–Trinajstić information content (AvgIpc) is 3.57. The third-order valence-corrected chi connectivity index (χ3v) is 20.2. The predicted molar refractivity (Wildman–Crippen MR) is 420 cm³/mol. The van der Waals surface area contributed by atoms with E-state index in [1.165, 1.54) is 178 Å². The van der Waals surface area contributed by atoms with Gasteiger partial charge in [0, 0.05) is 18.8 Å². The van der Waals surface area contributed by atoms with Gasteiger partial charge in [-0.15, -0.1) is 0 Å². The maximum Gasteiger partial charge on any atom is 0.155 e. The Bertz CT molecular complexity index is 2430. The fourth-order valence-corrected chi connectivity index (χ4v) is 14.9. The highest BCUT2D eigenvalue weighted by atomic mass is 16.3. The number of ketones is 2. The molecule has 10 atom stereocenters. The molecule has 0 spiro atoms. The summed E-state index contributed by atoms with van der Waals surface area (Å²) >= 11 is 0. The first kappa shape index (κ1) is 90.3. The van der Waals surface area contributed by atoms with Gasteiger partial charge in [0.1, 0.15) is 5.78 Å². The van der Waals surface area contributed by atoms with E-state index in [1.807, 2.05) is 18.2 Å². The van der Waals surface area contributed by atoms with Crippen LogP contribution in [-0.2, 0) is 9.59 Å². The van der Waals surface area contributed by atoms with Crippen LogP contribution in [0.1, 0.15) is 362 Å². The van der Waals surface area contributed by atoms with E-state index in [-0.39, 0.29) is 24.4 Å². The summed E-state index contributed by atoms with van der Waals surface area (Å²) in [5.74, 6) is 5.18. The Labute approximate surface area is 594 Å². The topological polar surface area (TPSA) is 115 Å². The first-order valence-corrected chi connectivity index (χ1v) is 39.7. The molecule has 6 rings (SSSR count). The fourth-order valence-electron chi connectivity index (χ4n) is 14.9. The first-order valence-electron chi connectivity index (χ1n) is 39.7. The molecule has 0 heterocycles. The number of carbonyl (C=O) groups excluding carboxylic acids is 2. The third kappa shape index (κ3) is 49.8. The Morgan fingerprint density at radius 2 is 0.917 bits per heavy atom. The number of hydrogen-bond donors (Lipinski definition) is 4. The molecule has 4 N–H and O–H groups in total. The van der Waals surface area contributed by atoms with Crippen molar-refractivity contribution in [1.29, 1.82) is 0 Å². The molecule has 10 unspecified atom stereocenters. The Morgan fingerprint density at radius 1 is 0.469 bits per heavy atom. The molecule has 6 nitrogen and oxygen atoms in total. The van der Waals surface area contributed by atoms with Crippen molar-refractivity contribution in [2.24, 2.45) is 41.4 Å². The van der Waals surface area contributed by atoms with Crippen molar-refractivity contribution in [2.75, 3.05) is 0 Å². The highest BCUT2D eigenvalue weighted by Crippen LogP contribution is 2.33. The van der Waals surface area contributed by atoms with Gasteiger partial charge in [0.2, 0.25) is 0 Å². The van der Waals surface area contributed by atoms with Crippen LogP contribution in [0.25, 0.3) is 0 Å². The minimum atomic E-state index is -0.178. The number of hydrogen-bond acceptors (Lipinski definition) is 6. The van der Waals surface area contributed by atoms with Crippen LogP contribution in [0, 0.1) is 41.4 Å². The zero-order valence-corrected chi connectivity index (χ0v) is 65.8. The van der Waals surface area contributed by atoms with Gasteiger partial charge in [-0.05, 0) is 285 Å². The van der Waals surface area contributed by atoms with E-state index in [4.69, 9.17) is 0 Å². The molecule has 2 saturated carbocycles. The zero-order valence-electron chi connectivity index (χ0n) is 65.8. The molecule has 6 aliphatic rings. The normalized spacial score (nSPS) is 24.7. The summed E-state index contributed by atoms with van der Waals surface area (Å²) in [6.45, 7) is 37.1. The van der Waals surface area contributed by atoms with E-state index >= 15 is 0 Å². The molecule has 0 saturated heterocycles. The second kappa shape index (κ2) is 56.0. The summed E-state index contributed by atoms with van der Waals surface area (Å²) in [6, 6.07) is 0. The third-order valence-electron chi connectivity index (χ3n) is 20.2. The number of carbonyl (C=O) groups is 2. The van der Waals surface area contributed by atoms with Crippen molar-refractivity contribution in [3.05, 3.63) is 129 Å². The van der Waals surface area contributed by atoms with Crippen molar-refractivity contribution in [3.8, 4) is 0 Å². The molecule has 0 radical (unpaired) electrons. The summed E-state index contributed by atoms with van der Waals surface area (Å²) < 4.78 is 0. The Kier molecular flexibility index (Phi) is 52.7. The smallest absolute Gasteiger partial charge is 0.155 e. The summed E-state index contributed by atoms with van der Waals surface area (Å²) in [5, 5.41) is 38.5. The van der Waals surface area contributed by atoms with E-state index in [9.17, 15) is 30.0 Å². The molecule has 0 aromatic carbocycles. The van der Waals surface area contributed by atoms with Crippen molar-refractivity contribution < 1.29 is 30.0 Å². The molecule has 0 bridgehead atoms. The monoisotopic (exact) mass is 1330 g/mol. The van der Waals surface area contributed by atoms with Gasteiger partial charge in [-0.25, -0.2) is 0 Å². The molecular weight excluding hydrogens is 1180 g/mol. The first-order chi connectivity index (χ1) is 45.7. The quantitative estimate of drug-likeness (QED) is 0.0394. The van der Waals surface area contributed by atoms with Crippen LogP contribution < -0.4 is 0 Å². The summed E-state index contributed by atoms with van der Waals surface area (Å²) in [6.07, 6.45) is 69.9. The molecule has 0 aliphatic heterocycles. The molecule has 0 amide bonds. The van der Waals surface area contributed by atoms with E-state index in [2.05, 4.69) is 166 Å². The van der Waals surface area contributed by atoms with Gasteiger partial charge >= 0.3 is 0 Å². The van der Waals surface area contributed by atoms with Crippen LogP contribution in [-0.4, -0.2) is 56.4 Å². The number of rotatable bonds is 32. The van der Waals surface area contributed by atoms with Crippen molar-refractivity contribution in [3.63, 3.8) is 0 Å². The number of unbranched alkanes of at least 4 members (excludes halogenated alkanes) is 6. The van der Waals surface area contributed by atoms with Crippen molar-refractivity contribution in [2.45, 2.75) is 386 Å². The fraction of sp³-hybridized carbons (Fsp3) is 0.733. The second-order valence-electron chi connectivity index (χ2n) is 31.9. The van der Waals surface area contributed by atoms with Crippen molar-refractivity contribution >= 4 is 11.6 Å². The number of aliphatic hydroxyl groups is 4. The van der Waals surface area contributed by atoms with E-state index in [1.54, 1.807) is 6.08 Å². The molecule has 6 heteroatoms. The van der Waals surface area contributed by atoms with Gasteiger partial charge < -0.3 is 20.4 Å². The van der Waals surface area contributed by atoms with Crippen LogP contribution in [0.4, 0.5) is 0 Å². The van der Waals surface area contributed by atoms with E-state index < -0.39 is 0 Å². The standard InChI is InChI=1S/C20H34O.C20H32O.C14H26O.C13H20O.C12H22O.C11H20O/c2*1-16(2)8-5-9-17(3)10-6-11-18(4)14-15-19-12-7-13-20(19)21;1-3-4-5-6-7-8-13-9-12(2)10-14(15)11-13;1-3-4-5-6-7-12-8-11(2)9-13(14)10-12;1-3-4-5-6-11-7-10(2)8-12(13)9-11;1-8(2)4-10-5-9(3)6-11(12)7-10/h8,10,14,19-21H,5-7,9,11-13,15H2,1-4H3;8,10,14,19H,5-7,9,11-13,15H2,1-4H3;10,13-15H,3-9,11H2,1-2H3;4-5,9,12H,3,6-8,10H2,1-2H3;8,11-13H,3-7,9H2,1-2H3;6,8,10-12H,4-5,7H2,1-3H3/b2*17-10+,18-14+;;5-4-;;. The van der Waals surface area contributed by atoms with E-state index in [0.29, 0.717) is 35.2 Å². The SMILES string of the molecule is CC(C)=CCC/C(C)=C/CC/C(C)=C/CC1CCCC1=O.CC(C)=CCC/C(C)=C/CC/C(C)=C/CC1CCCC1O.CC/C=C\CCC1CC(=O)C=C(C)C1.CC1=CC(O)CC(CC(C)C)C1.CCCCCC1CC(C)=CC(O)C1.CCCCCCCC1CC(C)=CC(O)C1. The minimum Gasteiger partial charge on any atom is -0.393 e. The second-order valence-corrected chi connectivity index (χ2v) is 31.9. The van der Waals surface area contributed by atoms with Gasteiger partial charge in [-0.1, -0.05) is 228 Å². The lowest BCUT2D eigenvalue weighted by atomic mass is 9.83. The largest absolute Gasteiger partial charge is 0.393 e.